The summed E-state index contributed by atoms with van der Waals surface area (Å²) in [5.41, 5.74) is 2.23. The van der Waals surface area contributed by atoms with Gasteiger partial charge in [0, 0.05) is 31.0 Å². The number of anilines is 1. The van der Waals surface area contributed by atoms with E-state index in [2.05, 4.69) is 10.3 Å². The molecule has 2 N–H and O–H groups in total. The van der Waals surface area contributed by atoms with E-state index in [0.717, 1.165) is 17.8 Å². The summed E-state index contributed by atoms with van der Waals surface area (Å²) in [6, 6.07) is 9.54. The second-order valence-electron chi connectivity index (χ2n) is 5.22. The summed E-state index contributed by atoms with van der Waals surface area (Å²) in [6.45, 7) is 3.32. The first-order valence-electron chi connectivity index (χ1n) is 6.93. The molecule has 1 atom stereocenters. The first-order chi connectivity index (χ1) is 10.2. The molecule has 0 aliphatic carbocycles. The number of hydrogen-bond donors (Lipinski definition) is 2. The van der Waals surface area contributed by atoms with E-state index in [4.69, 9.17) is 0 Å². The Labute approximate surface area is 123 Å². The van der Waals surface area contributed by atoms with Crippen LogP contribution < -0.4 is 10.2 Å². The van der Waals surface area contributed by atoms with E-state index >= 15 is 0 Å². The van der Waals surface area contributed by atoms with Crippen molar-refractivity contribution in [3.05, 3.63) is 53.9 Å². The number of nitrogens with zero attached hydrogens (tertiary/aromatic N) is 2. The number of para-hydroxylation sites is 1. The molecule has 3 rings (SSSR count). The number of amides is 1. The van der Waals surface area contributed by atoms with E-state index in [1.807, 2.05) is 31.2 Å². The zero-order chi connectivity index (χ0) is 14.8. The van der Waals surface area contributed by atoms with Crippen molar-refractivity contribution in [3.8, 4) is 5.75 Å². The van der Waals surface area contributed by atoms with Crippen LogP contribution in [0.3, 0.4) is 0 Å². The highest BCUT2D eigenvalue weighted by Crippen LogP contribution is 2.27. The maximum atomic E-state index is 12.8. The van der Waals surface area contributed by atoms with Gasteiger partial charge >= 0.3 is 0 Å². The van der Waals surface area contributed by atoms with Crippen molar-refractivity contribution in [2.45, 2.75) is 19.5 Å². The molecule has 1 aliphatic rings. The monoisotopic (exact) mass is 283 g/mol. The van der Waals surface area contributed by atoms with Crippen molar-refractivity contribution in [1.29, 1.82) is 0 Å². The van der Waals surface area contributed by atoms with Crippen molar-refractivity contribution in [1.82, 2.24) is 10.3 Å². The van der Waals surface area contributed by atoms with Crippen LogP contribution >= 0.6 is 0 Å². The molecule has 0 saturated carbocycles. The molecule has 2 aromatic rings. The Kier molecular flexibility index (Phi) is 3.58. The largest absolute Gasteiger partial charge is 0.505 e. The molecule has 1 aliphatic heterocycles. The third-order valence-corrected chi connectivity index (χ3v) is 3.66. The lowest BCUT2D eigenvalue weighted by atomic mass is 10.1. The van der Waals surface area contributed by atoms with Gasteiger partial charge in [0.05, 0.1) is 11.8 Å². The number of carbonyl (C=O) groups excluding carboxylic acids is 1. The zero-order valence-electron chi connectivity index (χ0n) is 11.8. The van der Waals surface area contributed by atoms with Gasteiger partial charge in [0.25, 0.3) is 5.91 Å². The fraction of sp³-hybridized carbons (Fsp3) is 0.250. The van der Waals surface area contributed by atoms with Crippen molar-refractivity contribution in [2.24, 2.45) is 0 Å². The van der Waals surface area contributed by atoms with Gasteiger partial charge in [0.1, 0.15) is 5.75 Å². The lowest BCUT2D eigenvalue weighted by molar-refractivity contribution is 0.0982. The molecule has 1 amide bonds. The van der Waals surface area contributed by atoms with E-state index in [0.29, 0.717) is 6.54 Å². The highest BCUT2D eigenvalue weighted by molar-refractivity contribution is 6.08. The predicted molar refractivity (Wildman–Crippen MR) is 80.3 cm³/mol. The van der Waals surface area contributed by atoms with Crippen LogP contribution in [0.2, 0.25) is 0 Å². The Balaban J connectivity index is 2.04. The van der Waals surface area contributed by atoms with Gasteiger partial charge in [-0.05, 0) is 24.6 Å². The molecule has 0 fully saturated rings. The van der Waals surface area contributed by atoms with Crippen molar-refractivity contribution < 1.29 is 9.90 Å². The smallest absolute Gasteiger partial charge is 0.262 e. The second-order valence-corrected chi connectivity index (χ2v) is 5.22. The third-order valence-electron chi connectivity index (χ3n) is 3.66. The topological polar surface area (TPSA) is 65.5 Å². The van der Waals surface area contributed by atoms with E-state index in [-0.39, 0.29) is 23.3 Å². The fourth-order valence-corrected chi connectivity index (χ4v) is 2.55. The first-order valence-corrected chi connectivity index (χ1v) is 6.93. The van der Waals surface area contributed by atoms with Crippen LogP contribution in [-0.2, 0) is 6.54 Å². The first kappa shape index (κ1) is 13.6. The maximum absolute atomic E-state index is 12.8. The number of benzene rings is 1. The normalized spacial score (nSPS) is 18.0. The summed E-state index contributed by atoms with van der Waals surface area (Å²) in [7, 11) is 0. The lowest BCUT2D eigenvalue weighted by Gasteiger charge is -2.24. The SMILES string of the molecule is CC1CN(C(=O)c2ccncc2O)c2ccccc2CN1. The van der Waals surface area contributed by atoms with Crippen LogP contribution in [-0.4, -0.2) is 28.6 Å². The molecule has 5 heteroatoms. The average molecular weight is 283 g/mol. The number of pyridine rings is 1. The van der Waals surface area contributed by atoms with Gasteiger partial charge in [0.15, 0.2) is 0 Å². The molecule has 1 aromatic carbocycles. The van der Waals surface area contributed by atoms with Crippen LogP contribution in [0.4, 0.5) is 5.69 Å². The Morgan fingerprint density at radius 2 is 2.19 bits per heavy atom. The summed E-state index contributed by atoms with van der Waals surface area (Å²) in [4.78, 5) is 18.3. The molecule has 0 spiro atoms. The average Bonchev–Trinajstić information content (AvgIpc) is 2.67. The Morgan fingerprint density at radius 1 is 1.38 bits per heavy atom. The minimum Gasteiger partial charge on any atom is -0.505 e. The quantitative estimate of drug-likeness (QED) is 0.839. The van der Waals surface area contributed by atoms with Crippen molar-refractivity contribution in [3.63, 3.8) is 0 Å². The molecule has 2 heterocycles. The summed E-state index contributed by atoms with van der Waals surface area (Å²) in [6.07, 6.45) is 2.80. The highest BCUT2D eigenvalue weighted by atomic mass is 16.3. The minimum atomic E-state index is -0.210. The van der Waals surface area contributed by atoms with Crippen LogP contribution in [0, 0.1) is 0 Å². The van der Waals surface area contributed by atoms with Crippen molar-refractivity contribution >= 4 is 11.6 Å². The summed E-state index contributed by atoms with van der Waals surface area (Å²) >= 11 is 0. The van der Waals surface area contributed by atoms with Gasteiger partial charge in [0.2, 0.25) is 0 Å². The van der Waals surface area contributed by atoms with Crippen LogP contribution in [0.25, 0.3) is 0 Å². The fourth-order valence-electron chi connectivity index (χ4n) is 2.55. The van der Waals surface area contributed by atoms with E-state index in [9.17, 15) is 9.90 Å². The molecule has 108 valence electrons. The highest BCUT2D eigenvalue weighted by Gasteiger charge is 2.26. The summed E-state index contributed by atoms with van der Waals surface area (Å²) in [5, 5.41) is 13.3. The van der Waals surface area contributed by atoms with E-state index < -0.39 is 0 Å². The number of aromatic nitrogens is 1. The Morgan fingerprint density at radius 3 is 3.00 bits per heavy atom. The molecule has 0 radical (unpaired) electrons. The molecule has 1 aromatic heterocycles. The third kappa shape index (κ3) is 2.60. The number of aromatic hydroxyl groups is 1. The van der Waals surface area contributed by atoms with Gasteiger partial charge in [-0.2, -0.15) is 0 Å². The Hall–Kier alpha value is -2.40. The number of hydrogen-bond acceptors (Lipinski definition) is 4. The predicted octanol–water partition coefficient (Wildman–Crippen LogP) is 1.93. The molecule has 21 heavy (non-hydrogen) atoms. The molecule has 5 nitrogen and oxygen atoms in total. The van der Waals surface area contributed by atoms with Gasteiger partial charge < -0.3 is 15.3 Å². The number of rotatable bonds is 1. The summed E-state index contributed by atoms with van der Waals surface area (Å²) in [5.74, 6) is -0.303. The number of nitrogens with one attached hydrogen (secondary N) is 1. The van der Waals surface area contributed by atoms with E-state index in [1.54, 1.807) is 11.0 Å². The summed E-state index contributed by atoms with van der Waals surface area (Å²) < 4.78 is 0. The second kappa shape index (κ2) is 5.54. The molecular weight excluding hydrogens is 266 g/mol. The maximum Gasteiger partial charge on any atom is 0.262 e. The number of carbonyl (C=O) groups is 1. The van der Waals surface area contributed by atoms with Crippen LogP contribution in [0.15, 0.2) is 42.7 Å². The van der Waals surface area contributed by atoms with Gasteiger partial charge in [-0.25, -0.2) is 0 Å². The standard InChI is InChI=1S/C16H17N3O2/c1-11-10-19(14-5-3-2-4-12(14)8-18-11)16(21)13-6-7-17-9-15(13)20/h2-7,9,11,18,20H,8,10H2,1H3. The molecule has 0 bridgehead atoms. The Bertz CT molecular complexity index is 672. The van der Waals surface area contributed by atoms with Gasteiger partial charge in [-0.3, -0.25) is 9.78 Å². The van der Waals surface area contributed by atoms with Crippen LogP contribution in [0.1, 0.15) is 22.8 Å². The molecule has 1 unspecified atom stereocenters. The van der Waals surface area contributed by atoms with E-state index in [1.165, 1.54) is 12.4 Å². The van der Waals surface area contributed by atoms with Gasteiger partial charge in [-0.1, -0.05) is 18.2 Å². The number of fused-ring (bicyclic) bond motifs is 1. The van der Waals surface area contributed by atoms with Gasteiger partial charge in [-0.15, -0.1) is 0 Å². The molecular formula is C16H17N3O2. The van der Waals surface area contributed by atoms with Crippen LogP contribution in [0.5, 0.6) is 5.75 Å². The lowest BCUT2D eigenvalue weighted by Crippen LogP contribution is -2.39. The zero-order valence-corrected chi connectivity index (χ0v) is 11.8. The minimum absolute atomic E-state index is 0.0927. The van der Waals surface area contributed by atoms with Crippen molar-refractivity contribution in [2.75, 3.05) is 11.4 Å². The molecule has 0 saturated heterocycles.